The van der Waals surface area contributed by atoms with Gasteiger partial charge in [-0.2, -0.15) is 0 Å². The van der Waals surface area contributed by atoms with E-state index < -0.39 is 12.5 Å². The van der Waals surface area contributed by atoms with Gasteiger partial charge in [-0.05, 0) is 46.2 Å². The molecule has 0 spiro atoms. The Morgan fingerprint density at radius 1 is 1.25 bits per heavy atom. The molecule has 3 fully saturated rings. The molecule has 8 heteroatoms. The first kappa shape index (κ1) is 18.8. The molecule has 140 valence electrons. The highest BCUT2D eigenvalue weighted by Crippen LogP contribution is 2.43. The largest absolute Gasteiger partial charge is 0.379 e. The SMILES string of the molecule is CC(O)N(CCN(C)C)C1NC2C(CCC3NC(O)C(N)CC32)S1. The number of fused-ring (bicyclic) bond motifs is 3. The average molecular weight is 360 g/mol. The Hall–Kier alpha value is 0.0700. The number of aliphatic hydroxyl groups excluding tert-OH is 2. The van der Waals surface area contributed by atoms with E-state index in [4.69, 9.17) is 5.73 Å². The number of likely N-dealkylation sites (N-methyl/N-ethyl adjacent to an activating group) is 1. The van der Waals surface area contributed by atoms with Crippen molar-refractivity contribution in [2.75, 3.05) is 27.2 Å². The van der Waals surface area contributed by atoms with Crippen LogP contribution in [0.15, 0.2) is 0 Å². The van der Waals surface area contributed by atoms with E-state index >= 15 is 0 Å². The lowest BCUT2D eigenvalue weighted by Gasteiger charge is -2.46. The molecule has 1 saturated carbocycles. The first-order chi connectivity index (χ1) is 11.4. The highest BCUT2D eigenvalue weighted by molar-refractivity contribution is 8.00. The topological polar surface area (TPSA) is 97.0 Å². The Labute approximate surface area is 149 Å². The Morgan fingerprint density at radius 3 is 2.67 bits per heavy atom. The van der Waals surface area contributed by atoms with Crippen LogP contribution in [-0.4, -0.2) is 88.5 Å². The van der Waals surface area contributed by atoms with E-state index in [0.717, 1.165) is 32.4 Å². The molecule has 8 atom stereocenters. The third kappa shape index (κ3) is 3.91. The fraction of sp³-hybridized carbons (Fsp3) is 1.00. The molecular weight excluding hydrogens is 326 g/mol. The summed E-state index contributed by atoms with van der Waals surface area (Å²) in [5, 5.41) is 27.8. The van der Waals surface area contributed by atoms with Crippen LogP contribution in [0.2, 0.25) is 0 Å². The molecule has 2 saturated heterocycles. The second-order valence-electron chi connectivity index (χ2n) is 7.75. The quantitative estimate of drug-likeness (QED) is 0.398. The van der Waals surface area contributed by atoms with Gasteiger partial charge in [0.25, 0.3) is 0 Å². The van der Waals surface area contributed by atoms with Gasteiger partial charge < -0.3 is 20.8 Å². The van der Waals surface area contributed by atoms with E-state index in [1.54, 1.807) is 0 Å². The molecular formula is C16H33N5O2S. The average Bonchev–Trinajstić information content (AvgIpc) is 2.92. The number of hydrogen-bond donors (Lipinski definition) is 5. The molecule has 0 aromatic rings. The van der Waals surface area contributed by atoms with Crippen LogP contribution in [-0.2, 0) is 0 Å². The molecule has 0 radical (unpaired) electrons. The minimum Gasteiger partial charge on any atom is -0.379 e. The lowest BCUT2D eigenvalue weighted by atomic mass is 9.74. The Balaban J connectivity index is 1.66. The normalized spacial score (nSPS) is 43.8. The van der Waals surface area contributed by atoms with Crippen LogP contribution in [0.4, 0.5) is 0 Å². The zero-order valence-corrected chi connectivity index (χ0v) is 15.7. The highest BCUT2D eigenvalue weighted by atomic mass is 32.2. The summed E-state index contributed by atoms with van der Waals surface area (Å²) in [5.41, 5.74) is 6.23. The maximum atomic E-state index is 10.2. The third-order valence-corrected chi connectivity index (χ3v) is 7.24. The molecule has 0 bridgehead atoms. The van der Waals surface area contributed by atoms with Gasteiger partial charge in [-0.1, -0.05) is 0 Å². The van der Waals surface area contributed by atoms with Crippen molar-refractivity contribution in [3.8, 4) is 0 Å². The van der Waals surface area contributed by atoms with Crippen molar-refractivity contribution in [1.82, 2.24) is 20.4 Å². The lowest BCUT2D eigenvalue weighted by Crippen LogP contribution is -2.64. The Morgan fingerprint density at radius 2 is 2.00 bits per heavy atom. The molecule has 2 aliphatic heterocycles. The fourth-order valence-electron chi connectivity index (χ4n) is 4.31. The van der Waals surface area contributed by atoms with Gasteiger partial charge in [-0.3, -0.25) is 15.5 Å². The molecule has 0 amide bonds. The van der Waals surface area contributed by atoms with Gasteiger partial charge in [-0.15, -0.1) is 11.8 Å². The molecule has 3 aliphatic rings. The van der Waals surface area contributed by atoms with Gasteiger partial charge in [0.15, 0.2) is 0 Å². The van der Waals surface area contributed by atoms with Crippen LogP contribution in [0.25, 0.3) is 0 Å². The summed E-state index contributed by atoms with van der Waals surface area (Å²) in [5.74, 6) is 0.448. The summed E-state index contributed by atoms with van der Waals surface area (Å²) in [6.45, 7) is 3.60. The second kappa shape index (κ2) is 7.75. The molecule has 1 aliphatic carbocycles. The standard InChI is InChI=1S/C16H33N5O2S/c1-9(22)21(7-6-20(2)3)16-19-14-10-8-11(17)15(23)18-12(10)4-5-13(14)24-16/h9-16,18-19,22-23H,4-8,17H2,1-3H3. The molecule has 2 heterocycles. The van der Waals surface area contributed by atoms with Gasteiger partial charge in [0.05, 0.1) is 0 Å². The summed E-state index contributed by atoms with van der Waals surface area (Å²) in [7, 11) is 4.11. The Bertz CT molecular complexity index is 427. The maximum Gasteiger partial charge on any atom is 0.120 e. The van der Waals surface area contributed by atoms with Crippen molar-refractivity contribution in [3.63, 3.8) is 0 Å². The molecule has 24 heavy (non-hydrogen) atoms. The number of nitrogens with two attached hydrogens (primary N) is 1. The zero-order valence-electron chi connectivity index (χ0n) is 14.9. The molecule has 3 rings (SSSR count). The first-order valence-corrected chi connectivity index (χ1v) is 10.0. The van der Waals surface area contributed by atoms with Gasteiger partial charge in [-0.25, -0.2) is 0 Å². The van der Waals surface area contributed by atoms with Crippen molar-refractivity contribution in [2.24, 2.45) is 11.7 Å². The van der Waals surface area contributed by atoms with Crippen molar-refractivity contribution in [3.05, 3.63) is 0 Å². The Kier molecular flexibility index (Phi) is 6.09. The van der Waals surface area contributed by atoms with Crippen LogP contribution >= 0.6 is 11.8 Å². The lowest BCUT2D eigenvalue weighted by molar-refractivity contribution is -0.0100. The number of hydrogen-bond acceptors (Lipinski definition) is 8. The molecule has 6 N–H and O–H groups in total. The van der Waals surface area contributed by atoms with Crippen LogP contribution in [0, 0.1) is 5.92 Å². The van der Waals surface area contributed by atoms with Crippen molar-refractivity contribution < 1.29 is 10.2 Å². The molecule has 8 unspecified atom stereocenters. The number of nitrogens with zero attached hydrogens (tertiary/aromatic N) is 2. The smallest absolute Gasteiger partial charge is 0.120 e. The molecule has 0 aromatic heterocycles. The fourth-order valence-corrected chi connectivity index (χ4v) is 6.04. The van der Waals surface area contributed by atoms with Crippen LogP contribution < -0.4 is 16.4 Å². The highest BCUT2D eigenvalue weighted by Gasteiger charge is 2.49. The summed E-state index contributed by atoms with van der Waals surface area (Å²) in [4.78, 5) is 4.28. The van der Waals surface area contributed by atoms with Gasteiger partial charge >= 0.3 is 0 Å². The van der Waals surface area contributed by atoms with Crippen LogP contribution in [0.1, 0.15) is 26.2 Å². The van der Waals surface area contributed by atoms with Gasteiger partial charge in [0.2, 0.25) is 0 Å². The van der Waals surface area contributed by atoms with E-state index in [1.165, 1.54) is 0 Å². The number of nitrogens with one attached hydrogen (secondary N) is 2. The molecule has 0 aromatic carbocycles. The summed E-state index contributed by atoms with van der Waals surface area (Å²) in [6, 6.07) is 0.539. The summed E-state index contributed by atoms with van der Waals surface area (Å²) >= 11 is 1.95. The van der Waals surface area contributed by atoms with E-state index in [9.17, 15) is 10.2 Å². The van der Waals surface area contributed by atoms with Crippen LogP contribution in [0.3, 0.4) is 0 Å². The number of aliphatic hydroxyl groups is 2. The monoisotopic (exact) mass is 359 g/mol. The minimum atomic E-state index is -0.582. The predicted octanol–water partition coefficient (Wildman–Crippen LogP) is -1.04. The minimum absolute atomic E-state index is 0.141. The molecule has 7 nitrogen and oxygen atoms in total. The second-order valence-corrected chi connectivity index (χ2v) is 9.08. The third-order valence-electron chi connectivity index (χ3n) is 5.70. The van der Waals surface area contributed by atoms with E-state index in [2.05, 4.69) is 34.5 Å². The van der Waals surface area contributed by atoms with Gasteiger partial charge in [0, 0.05) is 36.5 Å². The van der Waals surface area contributed by atoms with E-state index in [-0.39, 0.29) is 11.5 Å². The maximum absolute atomic E-state index is 10.2. The number of piperidine rings is 1. The predicted molar refractivity (Wildman–Crippen MR) is 97.3 cm³/mol. The van der Waals surface area contributed by atoms with Crippen molar-refractivity contribution in [2.45, 2.75) is 67.5 Å². The zero-order chi connectivity index (χ0) is 17.4. The van der Waals surface area contributed by atoms with Crippen molar-refractivity contribution >= 4 is 11.8 Å². The van der Waals surface area contributed by atoms with Crippen LogP contribution in [0.5, 0.6) is 0 Å². The summed E-state index contributed by atoms with van der Waals surface area (Å²) in [6.07, 6.45) is 2.02. The van der Waals surface area contributed by atoms with Crippen molar-refractivity contribution in [1.29, 1.82) is 0 Å². The van der Waals surface area contributed by atoms with E-state index in [0.29, 0.717) is 23.3 Å². The van der Waals surface area contributed by atoms with E-state index in [1.807, 2.05) is 18.7 Å². The number of rotatable bonds is 5. The first-order valence-electron chi connectivity index (χ1n) is 9.06. The number of thioether (sulfide) groups is 1. The summed E-state index contributed by atoms with van der Waals surface area (Å²) < 4.78 is 0. The van der Waals surface area contributed by atoms with Gasteiger partial charge in [0.1, 0.15) is 18.0 Å².